The van der Waals surface area contributed by atoms with Gasteiger partial charge in [-0.25, -0.2) is 0 Å². The summed E-state index contributed by atoms with van der Waals surface area (Å²) < 4.78 is 9.77. The van der Waals surface area contributed by atoms with Crippen LogP contribution in [0.3, 0.4) is 0 Å². The van der Waals surface area contributed by atoms with Crippen LogP contribution in [0.1, 0.15) is 12.8 Å². The molecule has 0 amide bonds. The van der Waals surface area contributed by atoms with E-state index < -0.39 is 0 Å². The Morgan fingerprint density at radius 1 is 0.818 bits per heavy atom. The number of aliphatic hydroxyl groups is 2. The molecule has 0 aromatic rings. The van der Waals surface area contributed by atoms with Crippen molar-refractivity contribution in [3.05, 3.63) is 0 Å². The Kier molecular flexibility index (Phi) is 9.70. The van der Waals surface area contributed by atoms with E-state index in [-0.39, 0.29) is 13.4 Å². The van der Waals surface area contributed by atoms with Gasteiger partial charge in [0, 0.05) is 19.8 Å². The van der Waals surface area contributed by atoms with Crippen LogP contribution in [0.5, 0.6) is 0 Å². The van der Waals surface area contributed by atoms with E-state index in [2.05, 4.69) is 4.74 Å². The van der Waals surface area contributed by atoms with Gasteiger partial charge in [0.1, 0.15) is 6.79 Å². The van der Waals surface area contributed by atoms with E-state index in [1.165, 1.54) is 0 Å². The van der Waals surface area contributed by atoms with E-state index in [1.807, 2.05) is 0 Å². The smallest absolute Gasteiger partial charge is 0.143 e. The maximum atomic E-state index is 8.37. The fraction of sp³-hybridized carbons (Fsp3) is 1.00. The molecule has 0 heterocycles. The Bertz CT molecular complexity index is 59.5. The first kappa shape index (κ1) is 10.8. The first-order valence-corrected chi connectivity index (χ1v) is 3.79. The summed E-state index contributed by atoms with van der Waals surface area (Å²) in [6.07, 6.45) is 1.47. The summed E-state index contributed by atoms with van der Waals surface area (Å²) in [6, 6.07) is 0. The van der Waals surface area contributed by atoms with Gasteiger partial charge in [-0.05, 0) is 12.8 Å². The van der Waals surface area contributed by atoms with Crippen LogP contribution in [0.2, 0.25) is 0 Å². The Morgan fingerprint density at radius 3 is 2.09 bits per heavy atom. The van der Waals surface area contributed by atoms with Crippen molar-refractivity contribution in [2.75, 3.05) is 33.2 Å². The van der Waals surface area contributed by atoms with Crippen molar-refractivity contribution in [1.82, 2.24) is 0 Å². The molecular formula is C7H16O4. The third-order valence-corrected chi connectivity index (χ3v) is 1.12. The topological polar surface area (TPSA) is 58.9 Å². The average molecular weight is 164 g/mol. The van der Waals surface area contributed by atoms with Gasteiger partial charge >= 0.3 is 0 Å². The molecule has 0 aliphatic rings. The molecule has 2 N–H and O–H groups in total. The molecule has 0 atom stereocenters. The largest absolute Gasteiger partial charge is 0.396 e. The molecule has 0 aliphatic carbocycles. The first-order valence-electron chi connectivity index (χ1n) is 3.79. The SMILES string of the molecule is OCCCOCCCOCO. The van der Waals surface area contributed by atoms with Crippen molar-refractivity contribution in [3.8, 4) is 0 Å². The maximum Gasteiger partial charge on any atom is 0.143 e. The van der Waals surface area contributed by atoms with Crippen LogP contribution in [0.25, 0.3) is 0 Å². The number of hydrogen-bond donors (Lipinski definition) is 2. The predicted molar refractivity (Wildman–Crippen MR) is 40.2 cm³/mol. The van der Waals surface area contributed by atoms with E-state index in [0.29, 0.717) is 26.2 Å². The summed E-state index contributed by atoms with van der Waals surface area (Å²) in [5.74, 6) is 0. The van der Waals surface area contributed by atoms with Crippen molar-refractivity contribution in [3.63, 3.8) is 0 Å². The molecule has 0 rings (SSSR count). The van der Waals surface area contributed by atoms with Crippen LogP contribution in [0.15, 0.2) is 0 Å². The Balaban J connectivity index is 2.69. The summed E-state index contributed by atoms with van der Waals surface area (Å²) >= 11 is 0. The quantitative estimate of drug-likeness (QED) is 0.383. The first-order chi connectivity index (χ1) is 5.41. The minimum atomic E-state index is -0.226. The lowest BCUT2D eigenvalue weighted by Gasteiger charge is -2.02. The molecule has 0 bridgehead atoms. The van der Waals surface area contributed by atoms with E-state index in [1.54, 1.807) is 0 Å². The highest BCUT2D eigenvalue weighted by Crippen LogP contribution is 1.86. The lowest BCUT2D eigenvalue weighted by atomic mass is 10.4. The Morgan fingerprint density at radius 2 is 1.45 bits per heavy atom. The van der Waals surface area contributed by atoms with Gasteiger partial charge in [-0.2, -0.15) is 0 Å². The van der Waals surface area contributed by atoms with Gasteiger partial charge < -0.3 is 19.7 Å². The summed E-state index contributed by atoms with van der Waals surface area (Å²) in [5, 5.41) is 16.6. The van der Waals surface area contributed by atoms with Crippen LogP contribution in [0, 0.1) is 0 Å². The number of rotatable bonds is 8. The summed E-state index contributed by atoms with van der Waals surface area (Å²) in [4.78, 5) is 0. The second-order valence-electron chi connectivity index (χ2n) is 2.08. The van der Waals surface area contributed by atoms with E-state index in [0.717, 1.165) is 6.42 Å². The third-order valence-electron chi connectivity index (χ3n) is 1.12. The van der Waals surface area contributed by atoms with Gasteiger partial charge in [0.05, 0.1) is 6.61 Å². The Labute approximate surface area is 66.7 Å². The van der Waals surface area contributed by atoms with Crippen molar-refractivity contribution in [1.29, 1.82) is 0 Å². The van der Waals surface area contributed by atoms with Crippen LogP contribution in [0.4, 0.5) is 0 Å². The lowest BCUT2D eigenvalue weighted by Crippen LogP contribution is -2.03. The van der Waals surface area contributed by atoms with Crippen molar-refractivity contribution in [2.45, 2.75) is 12.8 Å². The number of hydrogen-bond acceptors (Lipinski definition) is 4. The molecule has 0 saturated carbocycles. The fourth-order valence-corrected chi connectivity index (χ4v) is 0.596. The normalized spacial score (nSPS) is 10.4. The van der Waals surface area contributed by atoms with E-state index in [9.17, 15) is 0 Å². The third kappa shape index (κ3) is 9.84. The van der Waals surface area contributed by atoms with E-state index in [4.69, 9.17) is 14.9 Å². The monoisotopic (exact) mass is 164 g/mol. The highest BCUT2D eigenvalue weighted by atomic mass is 16.6. The zero-order valence-electron chi connectivity index (χ0n) is 6.66. The van der Waals surface area contributed by atoms with Crippen LogP contribution in [-0.2, 0) is 9.47 Å². The fourth-order valence-electron chi connectivity index (χ4n) is 0.596. The summed E-state index contributed by atoms with van der Waals surface area (Å²) in [7, 11) is 0. The van der Waals surface area contributed by atoms with Gasteiger partial charge in [0.25, 0.3) is 0 Å². The minimum Gasteiger partial charge on any atom is -0.396 e. The molecule has 0 fully saturated rings. The molecule has 0 aromatic carbocycles. The lowest BCUT2D eigenvalue weighted by molar-refractivity contribution is -0.0111. The molecule has 0 unspecified atom stereocenters. The van der Waals surface area contributed by atoms with Crippen LogP contribution >= 0.6 is 0 Å². The van der Waals surface area contributed by atoms with Crippen molar-refractivity contribution >= 4 is 0 Å². The molecule has 11 heavy (non-hydrogen) atoms. The summed E-state index contributed by atoms with van der Waals surface area (Å²) in [6.45, 7) is 1.69. The molecule has 4 nitrogen and oxygen atoms in total. The van der Waals surface area contributed by atoms with Gasteiger partial charge in [-0.15, -0.1) is 0 Å². The molecule has 0 saturated heterocycles. The molecule has 68 valence electrons. The highest BCUT2D eigenvalue weighted by molar-refractivity contribution is 4.35. The average Bonchev–Trinajstić information content (AvgIpc) is 2.03. The maximum absolute atomic E-state index is 8.37. The van der Waals surface area contributed by atoms with Gasteiger partial charge in [0.15, 0.2) is 0 Å². The van der Waals surface area contributed by atoms with Crippen molar-refractivity contribution in [2.24, 2.45) is 0 Å². The summed E-state index contributed by atoms with van der Waals surface area (Å²) in [5.41, 5.74) is 0. The molecule has 0 aromatic heterocycles. The molecule has 0 spiro atoms. The number of ether oxygens (including phenoxy) is 2. The second kappa shape index (κ2) is 9.84. The van der Waals surface area contributed by atoms with Crippen LogP contribution in [-0.4, -0.2) is 43.4 Å². The molecule has 0 radical (unpaired) electrons. The standard InChI is InChI=1S/C7H16O4/c8-3-1-4-10-5-2-6-11-7-9/h8-9H,1-7H2. The second-order valence-corrected chi connectivity index (χ2v) is 2.08. The molecular weight excluding hydrogens is 148 g/mol. The van der Waals surface area contributed by atoms with E-state index >= 15 is 0 Å². The minimum absolute atomic E-state index is 0.174. The molecule has 0 aliphatic heterocycles. The molecule has 4 heteroatoms. The van der Waals surface area contributed by atoms with Gasteiger partial charge in [-0.3, -0.25) is 0 Å². The van der Waals surface area contributed by atoms with Crippen molar-refractivity contribution < 1.29 is 19.7 Å². The Hall–Kier alpha value is -0.160. The zero-order valence-corrected chi connectivity index (χ0v) is 6.66. The predicted octanol–water partition coefficient (Wildman–Crippen LogP) is -0.258. The number of aliphatic hydroxyl groups excluding tert-OH is 2. The highest BCUT2D eigenvalue weighted by Gasteiger charge is 1.88. The van der Waals surface area contributed by atoms with Crippen LogP contribution < -0.4 is 0 Å². The van der Waals surface area contributed by atoms with Gasteiger partial charge in [-0.1, -0.05) is 0 Å². The van der Waals surface area contributed by atoms with Gasteiger partial charge in [0.2, 0.25) is 0 Å². The zero-order chi connectivity index (χ0) is 8.36.